The fourth-order valence-corrected chi connectivity index (χ4v) is 12.8. The lowest BCUT2D eigenvalue weighted by atomic mass is 9.33. The maximum atomic E-state index is 14.0. The van der Waals surface area contributed by atoms with Gasteiger partial charge >= 0.3 is 29.8 Å². The van der Waals surface area contributed by atoms with Crippen LogP contribution in [0.1, 0.15) is 87.5 Å². The van der Waals surface area contributed by atoms with Crippen molar-refractivity contribution in [2.45, 2.75) is 140 Å². The Bertz CT molecular complexity index is 1720. The van der Waals surface area contributed by atoms with Gasteiger partial charge in [-0.2, -0.15) is 0 Å². The maximum Gasteiger partial charge on any atom is 0.340 e. The summed E-state index contributed by atoms with van der Waals surface area (Å²) < 4.78 is 50.2. The lowest BCUT2D eigenvalue weighted by Crippen LogP contribution is -2.94. The second-order valence-corrected chi connectivity index (χ2v) is 17.7. The van der Waals surface area contributed by atoms with Crippen molar-refractivity contribution in [2.24, 2.45) is 39.9 Å². The first kappa shape index (κ1) is 35.9. The van der Waals surface area contributed by atoms with Crippen LogP contribution in [0.2, 0.25) is 0 Å². The molecule has 8 rings (SSSR count). The third kappa shape index (κ3) is 3.68. The molecule has 2 spiro atoms. The second-order valence-electron chi connectivity index (χ2n) is 17.7. The van der Waals surface area contributed by atoms with E-state index >= 15 is 0 Å². The normalized spacial score (nSPS) is 51.8. The molecule has 0 unspecified atom stereocenters. The number of fused-ring (bicyclic) bond motifs is 3. The first-order valence-electron chi connectivity index (χ1n) is 18.2. The zero-order valence-corrected chi connectivity index (χ0v) is 30.9. The number of carbonyl (C=O) groups excluding carboxylic acids is 5. The zero-order chi connectivity index (χ0) is 38.0. The molecule has 0 aromatic heterocycles. The van der Waals surface area contributed by atoms with Crippen LogP contribution in [0.15, 0.2) is 11.6 Å². The van der Waals surface area contributed by atoms with E-state index in [0.717, 1.165) is 0 Å². The molecule has 52 heavy (non-hydrogen) atoms. The van der Waals surface area contributed by atoms with Crippen LogP contribution < -0.4 is 0 Å². The molecule has 15 heteroatoms. The van der Waals surface area contributed by atoms with Gasteiger partial charge in [-0.15, -0.1) is 0 Å². The summed E-state index contributed by atoms with van der Waals surface area (Å²) in [5, 5.41) is 24.2. The molecule has 14 atom stereocenters. The number of esters is 5. The van der Waals surface area contributed by atoms with E-state index in [-0.39, 0.29) is 37.7 Å². The van der Waals surface area contributed by atoms with E-state index in [1.165, 1.54) is 13.2 Å². The summed E-state index contributed by atoms with van der Waals surface area (Å²) in [5.41, 5.74) is -11.1. The van der Waals surface area contributed by atoms with E-state index in [0.29, 0.717) is 0 Å². The first-order valence-corrected chi connectivity index (χ1v) is 18.2. The van der Waals surface area contributed by atoms with Crippen LogP contribution in [0.3, 0.4) is 0 Å². The van der Waals surface area contributed by atoms with Crippen LogP contribution in [-0.2, 0) is 61.9 Å². The summed E-state index contributed by atoms with van der Waals surface area (Å²) in [6, 6.07) is 0. The van der Waals surface area contributed by atoms with Crippen LogP contribution in [-0.4, -0.2) is 100 Å². The lowest BCUT2D eigenvalue weighted by molar-refractivity contribution is -0.478. The topological polar surface area (TPSA) is 200 Å². The van der Waals surface area contributed by atoms with E-state index in [1.54, 1.807) is 34.6 Å². The maximum absolute atomic E-state index is 14.0. The monoisotopic (exact) mass is 732 g/mol. The van der Waals surface area contributed by atoms with Gasteiger partial charge in [-0.25, -0.2) is 4.79 Å². The number of carbonyl (C=O) groups is 5. The van der Waals surface area contributed by atoms with E-state index < -0.39 is 123 Å². The third-order valence-electron chi connectivity index (χ3n) is 14.6. The van der Waals surface area contributed by atoms with Crippen molar-refractivity contribution < 1.29 is 72.1 Å². The van der Waals surface area contributed by atoms with Gasteiger partial charge in [0, 0.05) is 35.5 Å². The van der Waals surface area contributed by atoms with Crippen LogP contribution in [0.5, 0.6) is 0 Å². The van der Waals surface area contributed by atoms with E-state index in [1.807, 2.05) is 20.8 Å². The fourth-order valence-electron chi connectivity index (χ4n) is 12.8. The van der Waals surface area contributed by atoms with Gasteiger partial charge in [-0.1, -0.05) is 48.5 Å². The number of hydrogen-bond donors (Lipinski definition) is 2. The molecule has 0 aromatic carbocycles. The van der Waals surface area contributed by atoms with Crippen molar-refractivity contribution in [3.63, 3.8) is 0 Å². The molecule has 4 aliphatic heterocycles. The molecule has 4 heterocycles. The Labute approximate surface area is 300 Å². The molecular weight excluding hydrogens is 684 g/mol. The summed E-state index contributed by atoms with van der Waals surface area (Å²) in [4.78, 5) is 67.9. The number of ether oxygens (including phenoxy) is 8. The van der Waals surface area contributed by atoms with Crippen molar-refractivity contribution in [3.8, 4) is 0 Å². The number of aliphatic hydroxyl groups is 2. The Morgan fingerprint density at radius 1 is 0.885 bits per heavy atom. The molecular formula is C37H48O15. The summed E-state index contributed by atoms with van der Waals surface area (Å²) in [7, 11) is 1.28. The lowest BCUT2D eigenvalue weighted by Gasteiger charge is -2.77. The highest BCUT2D eigenvalue weighted by Gasteiger charge is 3.04. The number of methoxy groups -OCH3 is 1. The van der Waals surface area contributed by atoms with Crippen molar-refractivity contribution >= 4 is 29.8 Å². The predicted molar refractivity (Wildman–Crippen MR) is 171 cm³/mol. The fraction of sp³-hybridized carbons (Fsp3) is 0.811. The highest BCUT2D eigenvalue weighted by Crippen LogP contribution is 2.89. The van der Waals surface area contributed by atoms with Crippen LogP contribution >= 0.6 is 0 Å². The minimum Gasteiger partial charge on any atom is -0.469 e. The molecule has 4 aliphatic carbocycles. The van der Waals surface area contributed by atoms with Gasteiger partial charge in [0.05, 0.1) is 30.9 Å². The van der Waals surface area contributed by atoms with Crippen molar-refractivity contribution in [1.29, 1.82) is 0 Å². The Kier molecular flexibility index (Phi) is 7.14. The molecule has 4 bridgehead atoms. The van der Waals surface area contributed by atoms with Gasteiger partial charge in [-0.3, -0.25) is 19.2 Å². The number of cyclic esters (lactones) is 2. The van der Waals surface area contributed by atoms with Crippen LogP contribution in [0, 0.1) is 39.9 Å². The summed E-state index contributed by atoms with van der Waals surface area (Å²) >= 11 is 0. The summed E-state index contributed by atoms with van der Waals surface area (Å²) in [6.45, 7) is 13.7. The molecule has 15 nitrogen and oxygen atoms in total. The van der Waals surface area contributed by atoms with E-state index in [2.05, 4.69) is 0 Å². The Morgan fingerprint density at radius 2 is 1.50 bits per heavy atom. The van der Waals surface area contributed by atoms with Gasteiger partial charge in [0.2, 0.25) is 6.29 Å². The molecule has 8 aliphatic rings. The van der Waals surface area contributed by atoms with E-state index in [4.69, 9.17) is 37.9 Å². The van der Waals surface area contributed by atoms with Crippen LogP contribution in [0.25, 0.3) is 0 Å². The quantitative estimate of drug-likeness (QED) is 0.284. The van der Waals surface area contributed by atoms with Crippen molar-refractivity contribution in [2.75, 3.05) is 7.11 Å². The van der Waals surface area contributed by atoms with Gasteiger partial charge in [0.25, 0.3) is 5.97 Å². The van der Waals surface area contributed by atoms with Gasteiger partial charge < -0.3 is 48.1 Å². The van der Waals surface area contributed by atoms with Gasteiger partial charge in [0.1, 0.15) is 29.0 Å². The Morgan fingerprint density at radius 3 is 2.08 bits per heavy atom. The zero-order valence-electron chi connectivity index (χ0n) is 30.9. The molecule has 0 radical (unpaired) electrons. The Hall–Kier alpha value is -3.11. The second kappa shape index (κ2) is 10.3. The average Bonchev–Trinajstić information content (AvgIpc) is 3.64. The standard InChI is InChI=1S/C37H48O15/c1-16(2)25(41)48-28-31(6)15-35-32(7,19(31)13-21(38)45-9)34-11-10-30(5)20(14-23(40)46-24(30)18-12-22(39)47-27(18)43)37(34,52-33(8,50-34)51-35)29(36(28,35)44)49-26(42)17(3)4/h12,16-17,19-20,22,24,28-29,39,44H,10-11,13-15H2,1-9H3/t19-,20+,22+,24-,28-,29+,30+,31+,32-,33+,34-,35+,36+,37+/m0/s1. The highest BCUT2D eigenvalue weighted by molar-refractivity contribution is 5.93. The average molecular weight is 733 g/mol. The van der Waals surface area contributed by atoms with Crippen LogP contribution in [0.4, 0.5) is 0 Å². The minimum atomic E-state index is -2.32. The van der Waals surface area contributed by atoms with E-state index in [9.17, 15) is 34.2 Å². The number of rotatable bonds is 7. The smallest absolute Gasteiger partial charge is 0.340 e. The predicted octanol–water partition coefficient (Wildman–Crippen LogP) is 1.98. The highest BCUT2D eigenvalue weighted by atomic mass is 16.9. The van der Waals surface area contributed by atoms with Gasteiger partial charge in [-0.05, 0) is 31.3 Å². The number of aliphatic hydroxyl groups excluding tert-OH is 1. The first-order chi connectivity index (χ1) is 24.1. The summed E-state index contributed by atoms with van der Waals surface area (Å²) in [5.74, 6) is -8.36. The van der Waals surface area contributed by atoms with Crippen molar-refractivity contribution in [1.82, 2.24) is 0 Å². The molecule has 3 saturated heterocycles. The van der Waals surface area contributed by atoms with Gasteiger partial charge in [0.15, 0.2) is 11.7 Å². The molecule has 0 aromatic rings. The number of hydrogen-bond acceptors (Lipinski definition) is 15. The third-order valence-corrected chi connectivity index (χ3v) is 14.6. The summed E-state index contributed by atoms with van der Waals surface area (Å²) in [6.07, 6.45) is -4.64. The minimum absolute atomic E-state index is 0.0556. The molecule has 2 N–H and O–H groups in total. The molecule has 4 saturated carbocycles. The van der Waals surface area contributed by atoms with Crippen molar-refractivity contribution in [3.05, 3.63) is 11.6 Å². The molecule has 0 amide bonds. The largest absolute Gasteiger partial charge is 0.469 e. The SMILES string of the molecule is COC(=O)C[C@H]1[C@@]2(C)C[C@@]34O[C@]5(C)O[C@]6([C@@H]7CC(=O)O[C@@H](C8=C[C@H](O)OC8=O)[C@]7(C)CC[C@]6(O5)[C@]13C)[C@H](OC(=O)C(C)C)[C@]4(O)[C@H]2OC(=O)C(C)C. The molecule has 286 valence electrons. The molecule has 7 fully saturated rings. The Balaban J connectivity index is 1.45.